The van der Waals surface area contributed by atoms with Gasteiger partial charge < -0.3 is 5.11 Å². The minimum atomic E-state index is -0.0776. The van der Waals surface area contributed by atoms with E-state index in [-0.39, 0.29) is 6.10 Å². The zero-order valence-corrected chi connectivity index (χ0v) is 11.6. The third kappa shape index (κ3) is 3.45. The Hall–Kier alpha value is -0.0800. The molecule has 100 valence electrons. The molecule has 1 saturated heterocycles. The van der Waals surface area contributed by atoms with Crippen molar-refractivity contribution in [2.24, 2.45) is 5.92 Å². The molecular weight excluding hydrogens is 210 g/mol. The lowest BCUT2D eigenvalue weighted by molar-refractivity contribution is -0.00950. The standard InChI is InChI=1S/C15H29NO/c1-12-9-10-16(13(2)11-12)14-7-5-3-4-6-8-15(14)17/h12-15,17H,3-11H2,1-2H3. The number of hydrogen-bond donors (Lipinski definition) is 1. The van der Waals surface area contributed by atoms with E-state index in [9.17, 15) is 5.11 Å². The molecule has 17 heavy (non-hydrogen) atoms. The second kappa shape index (κ2) is 6.19. The SMILES string of the molecule is CC1CCN(C2CCCCCCC2O)C(C)C1. The van der Waals surface area contributed by atoms with E-state index >= 15 is 0 Å². The van der Waals surface area contributed by atoms with Crippen molar-refractivity contribution in [2.45, 2.75) is 83.4 Å². The van der Waals surface area contributed by atoms with Gasteiger partial charge in [0.2, 0.25) is 0 Å². The summed E-state index contributed by atoms with van der Waals surface area (Å²) in [6.45, 7) is 5.91. The Morgan fingerprint density at radius 1 is 0.941 bits per heavy atom. The summed E-state index contributed by atoms with van der Waals surface area (Å²) in [4.78, 5) is 2.61. The molecule has 4 unspecified atom stereocenters. The van der Waals surface area contributed by atoms with Crippen LogP contribution in [0.3, 0.4) is 0 Å². The summed E-state index contributed by atoms with van der Waals surface area (Å²) < 4.78 is 0. The minimum absolute atomic E-state index is 0.0776. The molecule has 1 aliphatic heterocycles. The molecule has 2 heteroatoms. The molecule has 2 rings (SSSR count). The molecule has 0 aromatic heterocycles. The van der Waals surface area contributed by atoms with Gasteiger partial charge in [0, 0.05) is 12.1 Å². The van der Waals surface area contributed by atoms with Crippen molar-refractivity contribution in [1.29, 1.82) is 0 Å². The normalized spacial score (nSPS) is 41.8. The molecule has 2 fully saturated rings. The molecule has 0 spiro atoms. The summed E-state index contributed by atoms with van der Waals surface area (Å²) >= 11 is 0. The molecule has 0 aromatic rings. The predicted octanol–water partition coefficient (Wildman–Crippen LogP) is 3.19. The quantitative estimate of drug-likeness (QED) is 0.759. The number of aliphatic hydroxyl groups is 1. The van der Waals surface area contributed by atoms with Crippen molar-refractivity contribution in [2.75, 3.05) is 6.54 Å². The lowest BCUT2D eigenvalue weighted by Gasteiger charge is -2.44. The van der Waals surface area contributed by atoms with Crippen LogP contribution in [0.25, 0.3) is 0 Å². The first-order valence-electron chi connectivity index (χ1n) is 7.62. The van der Waals surface area contributed by atoms with E-state index in [0.717, 1.165) is 12.3 Å². The summed E-state index contributed by atoms with van der Waals surface area (Å²) in [6, 6.07) is 1.11. The molecule has 2 nitrogen and oxygen atoms in total. The fraction of sp³-hybridized carbons (Fsp3) is 1.00. The summed E-state index contributed by atoms with van der Waals surface area (Å²) in [5, 5.41) is 10.4. The topological polar surface area (TPSA) is 23.5 Å². The lowest BCUT2D eigenvalue weighted by Crippen LogP contribution is -2.51. The van der Waals surface area contributed by atoms with Crippen LogP contribution in [-0.4, -0.2) is 34.7 Å². The van der Waals surface area contributed by atoms with Gasteiger partial charge in [0.1, 0.15) is 0 Å². The molecule has 4 atom stereocenters. The van der Waals surface area contributed by atoms with Crippen LogP contribution < -0.4 is 0 Å². The number of hydrogen-bond acceptors (Lipinski definition) is 2. The van der Waals surface area contributed by atoms with Crippen LogP contribution in [0.1, 0.15) is 65.2 Å². The van der Waals surface area contributed by atoms with Gasteiger partial charge in [-0.15, -0.1) is 0 Å². The van der Waals surface area contributed by atoms with Gasteiger partial charge in [-0.2, -0.15) is 0 Å². The summed E-state index contributed by atoms with van der Waals surface area (Å²) in [5.74, 6) is 0.868. The monoisotopic (exact) mass is 239 g/mol. The second-order valence-electron chi connectivity index (χ2n) is 6.34. The highest BCUT2D eigenvalue weighted by atomic mass is 16.3. The fourth-order valence-electron chi connectivity index (χ4n) is 3.75. The van der Waals surface area contributed by atoms with Crippen molar-refractivity contribution in [1.82, 2.24) is 4.90 Å². The average Bonchev–Trinajstić information content (AvgIpc) is 2.26. The van der Waals surface area contributed by atoms with Crippen molar-refractivity contribution < 1.29 is 5.11 Å². The van der Waals surface area contributed by atoms with E-state index in [1.54, 1.807) is 0 Å². The molecule has 0 aromatic carbocycles. The van der Waals surface area contributed by atoms with Crippen molar-refractivity contribution >= 4 is 0 Å². The van der Waals surface area contributed by atoms with Gasteiger partial charge in [0.25, 0.3) is 0 Å². The summed E-state index contributed by atoms with van der Waals surface area (Å²) in [6.07, 6.45) is 9.97. The summed E-state index contributed by atoms with van der Waals surface area (Å²) in [5.41, 5.74) is 0. The maximum absolute atomic E-state index is 10.4. The van der Waals surface area contributed by atoms with E-state index in [0.29, 0.717) is 12.1 Å². The Morgan fingerprint density at radius 2 is 1.65 bits per heavy atom. The van der Waals surface area contributed by atoms with Crippen molar-refractivity contribution in [3.63, 3.8) is 0 Å². The molecule has 1 aliphatic carbocycles. The highest BCUT2D eigenvalue weighted by Crippen LogP contribution is 2.29. The zero-order valence-electron chi connectivity index (χ0n) is 11.6. The van der Waals surface area contributed by atoms with Gasteiger partial charge in [-0.25, -0.2) is 0 Å². The number of nitrogens with zero attached hydrogens (tertiary/aromatic N) is 1. The minimum Gasteiger partial charge on any atom is -0.391 e. The molecule has 0 amide bonds. The number of piperidine rings is 1. The van der Waals surface area contributed by atoms with E-state index in [1.807, 2.05) is 0 Å². The van der Waals surface area contributed by atoms with Crippen LogP contribution in [0, 0.1) is 5.92 Å². The van der Waals surface area contributed by atoms with E-state index < -0.39 is 0 Å². The Labute approximate surface area is 106 Å². The molecule has 1 N–H and O–H groups in total. The highest BCUT2D eigenvalue weighted by Gasteiger charge is 2.32. The Bertz CT molecular complexity index is 231. The van der Waals surface area contributed by atoms with Crippen LogP contribution in [0.5, 0.6) is 0 Å². The van der Waals surface area contributed by atoms with Gasteiger partial charge in [0.05, 0.1) is 6.10 Å². The van der Waals surface area contributed by atoms with E-state index in [4.69, 9.17) is 0 Å². The third-order valence-corrected chi connectivity index (χ3v) is 4.81. The molecular formula is C15H29NO. The van der Waals surface area contributed by atoms with Crippen LogP contribution in [-0.2, 0) is 0 Å². The van der Waals surface area contributed by atoms with Gasteiger partial charge in [-0.1, -0.05) is 32.6 Å². The molecule has 2 aliphatic rings. The Morgan fingerprint density at radius 3 is 2.35 bits per heavy atom. The van der Waals surface area contributed by atoms with Crippen LogP contribution in [0.2, 0.25) is 0 Å². The molecule has 0 radical (unpaired) electrons. The largest absolute Gasteiger partial charge is 0.391 e. The van der Waals surface area contributed by atoms with Crippen molar-refractivity contribution in [3.05, 3.63) is 0 Å². The molecule has 1 saturated carbocycles. The molecule has 0 bridgehead atoms. The maximum Gasteiger partial charge on any atom is 0.0695 e. The van der Waals surface area contributed by atoms with Crippen molar-refractivity contribution in [3.8, 4) is 0 Å². The number of rotatable bonds is 1. The van der Waals surface area contributed by atoms with E-state index in [2.05, 4.69) is 18.7 Å². The first-order valence-corrected chi connectivity index (χ1v) is 7.62. The van der Waals surface area contributed by atoms with E-state index in [1.165, 1.54) is 51.5 Å². The van der Waals surface area contributed by atoms with Crippen LogP contribution >= 0.6 is 0 Å². The number of aliphatic hydroxyl groups excluding tert-OH is 1. The number of likely N-dealkylation sites (tertiary alicyclic amines) is 1. The van der Waals surface area contributed by atoms with Gasteiger partial charge in [-0.3, -0.25) is 4.90 Å². The van der Waals surface area contributed by atoms with Gasteiger partial charge >= 0.3 is 0 Å². The van der Waals surface area contributed by atoms with Crippen LogP contribution in [0.4, 0.5) is 0 Å². The fourth-order valence-corrected chi connectivity index (χ4v) is 3.75. The smallest absolute Gasteiger partial charge is 0.0695 e. The first-order chi connectivity index (χ1) is 8.18. The third-order valence-electron chi connectivity index (χ3n) is 4.81. The summed E-state index contributed by atoms with van der Waals surface area (Å²) in [7, 11) is 0. The average molecular weight is 239 g/mol. The van der Waals surface area contributed by atoms with Gasteiger partial charge in [0.15, 0.2) is 0 Å². The Balaban J connectivity index is 1.97. The Kier molecular flexibility index (Phi) is 4.87. The zero-order chi connectivity index (χ0) is 12.3. The first kappa shape index (κ1) is 13.4. The second-order valence-corrected chi connectivity index (χ2v) is 6.34. The lowest BCUT2D eigenvalue weighted by atomic mass is 9.87. The van der Waals surface area contributed by atoms with Gasteiger partial charge in [-0.05, 0) is 45.1 Å². The predicted molar refractivity (Wildman–Crippen MR) is 72.1 cm³/mol. The van der Waals surface area contributed by atoms with Crippen LogP contribution in [0.15, 0.2) is 0 Å². The maximum atomic E-state index is 10.4. The molecule has 1 heterocycles. The highest BCUT2D eigenvalue weighted by molar-refractivity contribution is 4.87.